The number of piperidine rings is 1. The molecular weight excluding hydrogens is 222 g/mol. The molecular formula is C13H18F2N2. The van der Waals surface area contributed by atoms with Gasteiger partial charge in [-0.3, -0.25) is 4.90 Å². The van der Waals surface area contributed by atoms with Crippen LogP contribution in [0, 0.1) is 17.6 Å². The van der Waals surface area contributed by atoms with E-state index < -0.39 is 11.6 Å². The van der Waals surface area contributed by atoms with Crippen LogP contribution in [0.15, 0.2) is 18.2 Å². The molecule has 2 N–H and O–H groups in total. The number of likely N-dealkylation sites (tertiary alicyclic amines) is 1. The van der Waals surface area contributed by atoms with Gasteiger partial charge in [-0.05, 0) is 24.9 Å². The van der Waals surface area contributed by atoms with Crippen LogP contribution in [-0.4, -0.2) is 24.0 Å². The molecule has 0 bridgehead atoms. The minimum absolute atomic E-state index is 0.226. The summed E-state index contributed by atoms with van der Waals surface area (Å²) in [6, 6.07) is 4.56. The smallest absolute Gasteiger partial charge is 0.163 e. The van der Waals surface area contributed by atoms with Crippen LogP contribution in [-0.2, 0) is 6.54 Å². The minimum atomic E-state index is -0.774. The first-order valence-corrected chi connectivity index (χ1v) is 5.98. The highest BCUT2D eigenvalue weighted by atomic mass is 19.2. The fourth-order valence-corrected chi connectivity index (χ4v) is 2.31. The minimum Gasteiger partial charge on any atom is -0.327 e. The van der Waals surface area contributed by atoms with Crippen LogP contribution in [0.25, 0.3) is 0 Å². The maximum absolute atomic E-state index is 13.5. The van der Waals surface area contributed by atoms with Crippen LogP contribution in [0.2, 0.25) is 0 Å². The zero-order valence-corrected chi connectivity index (χ0v) is 10.00. The topological polar surface area (TPSA) is 29.3 Å². The Kier molecular flexibility index (Phi) is 3.74. The summed E-state index contributed by atoms with van der Waals surface area (Å²) in [5.41, 5.74) is 6.35. The van der Waals surface area contributed by atoms with Gasteiger partial charge in [0.05, 0.1) is 0 Å². The van der Waals surface area contributed by atoms with Crippen LogP contribution in [0.4, 0.5) is 8.78 Å². The fraction of sp³-hybridized carbons (Fsp3) is 0.538. The van der Waals surface area contributed by atoms with Gasteiger partial charge in [0, 0.05) is 24.7 Å². The lowest BCUT2D eigenvalue weighted by Crippen LogP contribution is -2.45. The van der Waals surface area contributed by atoms with Gasteiger partial charge in [0.15, 0.2) is 11.6 Å². The lowest BCUT2D eigenvalue weighted by molar-refractivity contribution is 0.156. The average Bonchev–Trinajstić information content (AvgIpc) is 2.30. The molecule has 2 rings (SSSR count). The van der Waals surface area contributed by atoms with Gasteiger partial charge in [0.25, 0.3) is 0 Å². The van der Waals surface area contributed by atoms with Crippen molar-refractivity contribution in [3.8, 4) is 0 Å². The Hall–Kier alpha value is -1.00. The average molecular weight is 240 g/mol. The first kappa shape index (κ1) is 12.5. The van der Waals surface area contributed by atoms with Crippen LogP contribution in [0.5, 0.6) is 0 Å². The Balaban J connectivity index is 2.04. The third kappa shape index (κ3) is 2.82. The van der Waals surface area contributed by atoms with E-state index in [1.54, 1.807) is 12.1 Å². The number of hydrogen-bond acceptors (Lipinski definition) is 2. The van der Waals surface area contributed by atoms with Gasteiger partial charge in [-0.2, -0.15) is 0 Å². The molecule has 1 saturated heterocycles. The second kappa shape index (κ2) is 5.10. The van der Waals surface area contributed by atoms with Crippen molar-refractivity contribution >= 4 is 0 Å². The molecule has 1 fully saturated rings. The normalized spacial score (nSPS) is 26.1. The van der Waals surface area contributed by atoms with Crippen molar-refractivity contribution in [2.75, 3.05) is 13.1 Å². The number of rotatable bonds is 2. The zero-order chi connectivity index (χ0) is 12.4. The van der Waals surface area contributed by atoms with E-state index in [1.165, 1.54) is 0 Å². The number of halogens is 2. The van der Waals surface area contributed by atoms with E-state index in [-0.39, 0.29) is 6.04 Å². The molecule has 0 radical (unpaired) electrons. The van der Waals surface area contributed by atoms with Crippen LogP contribution in [0.3, 0.4) is 0 Å². The lowest BCUT2D eigenvalue weighted by atomic mass is 9.94. The second-order valence-electron chi connectivity index (χ2n) is 4.88. The van der Waals surface area contributed by atoms with E-state index in [0.29, 0.717) is 18.0 Å². The van der Waals surface area contributed by atoms with Crippen molar-refractivity contribution in [3.05, 3.63) is 35.4 Å². The predicted octanol–water partition coefficient (Wildman–Crippen LogP) is 2.13. The van der Waals surface area contributed by atoms with Crippen molar-refractivity contribution in [1.82, 2.24) is 4.90 Å². The van der Waals surface area contributed by atoms with Crippen LogP contribution >= 0.6 is 0 Å². The van der Waals surface area contributed by atoms with Gasteiger partial charge < -0.3 is 5.73 Å². The predicted molar refractivity (Wildman–Crippen MR) is 63.4 cm³/mol. The van der Waals surface area contributed by atoms with E-state index in [1.807, 2.05) is 0 Å². The fourth-order valence-electron chi connectivity index (χ4n) is 2.31. The van der Waals surface area contributed by atoms with Crippen molar-refractivity contribution < 1.29 is 8.78 Å². The largest absolute Gasteiger partial charge is 0.327 e. The number of benzene rings is 1. The maximum atomic E-state index is 13.5. The summed E-state index contributed by atoms with van der Waals surface area (Å²) in [6.45, 7) is 4.25. The van der Waals surface area contributed by atoms with Gasteiger partial charge in [-0.15, -0.1) is 0 Å². The van der Waals surface area contributed by atoms with E-state index >= 15 is 0 Å². The molecule has 2 atom stereocenters. The van der Waals surface area contributed by atoms with E-state index in [4.69, 9.17) is 5.73 Å². The van der Waals surface area contributed by atoms with Crippen molar-refractivity contribution in [1.29, 1.82) is 0 Å². The monoisotopic (exact) mass is 240 g/mol. The summed E-state index contributed by atoms with van der Waals surface area (Å²) in [6.07, 6.45) is 0.915. The summed E-state index contributed by atoms with van der Waals surface area (Å²) in [5, 5.41) is 0. The molecule has 17 heavy (non-hydrogen) atoms. The zero-order valence-electron chi connectivity index (χ0n) is 10.00. The molecule has 1 aromatic rings. The Morgan fingerprint density at radius 2 is 2.18 bits per heavy atom. The molecule has 4 heteroatoms. The SMILES string of the molecule is CC1CN(Cc2cccc(F)c2F)CCC1N. The summed E-state index contributed by atoms with van der Waals surface area (Å²) >= 11 is 0. The molecule has 0 saturated carbocycles. The van der Waals surface area contributed by atoms with Crippen LogP contribution < -0.4 is 5.73 Å². The third-order valence-electron chi connectivity index (χ3n) is 3.48. The third-order valence-corrected chi connectivity index (χ3v) is 3.48. The van der Waals surface area contributed by atoms with E-state index in [9.17, 15) is 8.78 Å². The van der Waals surface area contributed by atoms with Crippen LogP contribution in [0.1, 0.15) is 18.9 Å². The molecule has 0 amide bonds. The first-order chi connectivity index (χ1) is 8.08. The highest BCUT2D eigenvalue weighted by Gasteiger charge is 2.23. The molecule has 1 aromatic carbocycles. The highest BCUT2D eigenvalue weighted by molar-refractivity contribution is 5.18. The number of nitrogens with two attached hydrogens (primary N) is 1. The molecule has 1 aliphatic rings. The highest BCUT2D eigenvalue weighted by Crippen LogP contribution is 2.19. The summed E-state index contributed by atoms with van der Waals surface area (Å²) in [5.74, 6) is -1.10. The van der Waals surface area contributed by atoms with E-state index in [0.717, 1.165) is 25.6 Å². The Bertz CT molecular complexity index is 395. The van der Waals surface area contributed by atoms with Crippen molar-refractivity contribution in [2.24, 2.45) is 11.7 Å². The van der Waals surface area contributed by atoms with Gasteiger partial charge in [0.2, 0.25) is 0 Å². The summed E-state index contributed by atoms with van der Waals surface area (Å²) < 4.78 is 26.6. The first-order valence-electron chi connectivity index (χ1n) is 5.98. The maximum Gasteiger partial charge on any atom is 0.163 e. The molecule has 2 nitrogen and oxygen atoms in total. The Labute approximate surface area is 100 Å². The number of hydrogen-bond donors (Lipinski definition) is 1. The quantitative estimate of drug-likeness (QED) is 0.858. The van der Waals surface area contributed by atoms with Gasteiger partial charge in [-0.1, -0.05) is 19.1 Å². The van der Waals surface area contributed by atoms with Crippen molar-refractivity contribution in [3.63, 3.8) is 0 Å². The molecule has 0 aliphatic carbocycles. The molecule has 0 spiro atoms. The molecule has 0 aromatic heterocycles. The van der Waals surface area contributed by atoms with Gasteiger partial charge in [0.1, 0.15) is 0 Å². The summed E-state index contributed by atoms with van der Waals surface area (Å²) in [7, 11) is 0. The Morgan fingerprint density at radius 1 is 1.41 bits per heavy atom. The molecule has 2 unspecified atom stereocenters. The second-order valence-corrected chi connectivity index (χ2v) is 4.88. The van der Waals surface area contributed by atoms with Crippen molar-refractivity contribution in [2.45, 2.75) is 25.9 Å². The summed E-state index contributed by atoms with van der Waals surface area (Å²) in [4.78, 5) is 2.13. The molecule has 1 heterocycles. The van der Waals surface area contributed by atoms with E-state index in [2.05, 4.69) is 11.8 Å². The van der Waals surface area contributed by atoms with Gasteiger partial charge in [-0.25, -0.2) is 8.78 Å². The van der Waals surface area contributed by atoms with Gasteiger partial charge >= 0.3 is 0 Å². The standard InChI is InChI=1S/C13H18F2N2/c1-9-7-17(6-5-12(9)16)8-10-3-2-4-11(14)13(10)15/h2-4,9,12H,5-8,16H2,1H3. The molecule has 1 aliphatic heterocycles. The number of nitrogens with zero attached hydrogens (tertiary/aromatic N) is 1. The lowest BCUT2D eigenvalue weighted by Gasteiger charge is -2.35. The molecule has 94 valence electrons. The Morgan fingerprint density at radius 3 is 2.88 bits per heavy atom.